The van der Waals surface area contributed by atoms with Gasteiger partial charge in [-0.1, -0.05) is 13.3 Å². The highest BCUT2D eigenvalue weighted by Gasteiger charge is 2.25. The van der Waals surface area contributed by atoms with Crippen LogP contribution in [0.2, 0.25) is 0 Å². The van der Waals surface area contributed by atoms with Crippen LogP contribution in [0.3, 0.4) is 0 Å². The van der Waals surface area contributed by atoms with Crippen molar-refractivity contribution >= 4 is 16.0 Å². The number of aromatic nitrogens is 1. The maximum absolute atomic E-state index is 12.9. The second-order valence-electron chi connectivity index (χ2n) is 3.64. The molecule has 0 radical (unpaired) electrons. The number of halogens is 1. The third kappa shape index (κ3) is 3.74. The summed E-state index contributed by atoms with van der Waals surface area (Å²) in [7, 11) is -4.08. The third-order valence-corrected chi connectivity index (χ3v) is 3.60. The molecular formula is C10H13FN2O4S. The van der Waals surface area contributed by atoms with E-state index in [0.717, 1.165) is 18.5 Å². The van der Waals surface area contributed by atoms with Gasteiger partial charge in [-0.2, -0.15) is 4.72 Å². The van der Waals surface area contributed by atoms with E-state index >= 15 is 0 Å². The lowest BCUT2D eigenvalue weighted by Crippen LogP contribution is -2.40. The average molecular weight is 276 g/mol. The maximum Gasteiger partial charge on any atom is 0.321 e. The van der Waals surface area contributed by atoms with Gasteiger partial charge in [-0.3, -0.25) is 9.78 Å². The number of carboxylic acids is 1. The van der Waals surface area contributed by atoms with Crippen molar-refractivity contribution in [2.45, 2.75) is 30.7 Å². The molecule has 0 unspecified atom stereocenters. The Morgan fingerprint density at radius 3 is 2.72 bits per heavy atom. The van der Waals surface area contributed by atoms with Gasteiger partial charge < -0.3 is 5.11 Å². The largest absolute Gasteiger partial charge is 0.480 e. The first-order chi connectivity index (χ1) is 8.36. The predicted octanol–water partition coefficient (Wildman–Crippen LogP) is 0.752. The monoisotopic (exact) mass is 276 g/mol. The van der Waals surface area contributed by atoms with Gasteiger partial charge in [0.25, 0.3) is 0 Å². The molecule has 0 aliphatic rings. The SMILES string of the molecule is CCC[C@H](NS(=O)(=O)c1cncc(F)c1)C(=O)O. The lowest BCUT2D eigenvalue weighted by molar-refractivity contribution is -0.139. The van der Waals surface area contributed by atoms with Crippen LogP contribution in [0.4, 0.5) is 4.39 Å². The van der Waals surface area contributed by atoms with Crippen molar-refractivity contribution in [2.75, 3.05) is 0 Å². The zero-order valence-electron chi connectivity index (χ0n) is 9.63. The molecule has 0 aliphatic heterocycles. The lowest BCUT2D eigenvalue weighted by Gasteiger charge is -2.13. The first-order valence-corrected chi connectivity index (χ1v) is 6.71. The fourth-order valence-electron chi connectivity index (χ4n) is 1.32. The topological polar surface area (TPSA) is 96.4 Å². The summed E-state index contributed by atoms with van der Waals surface area (Å²) in [6.07, 6.45) is 2.47. The lowest BCUT2D eigenvalue weighted by atomic mass is 10.2. The van der Waals surface area contributed by atoms with Crippen LogP contribution in [-0.2, 0) is 14.8 Å². The molecule has 18 heavy (non-hydrogen) atoms. The highest BCUT2D eigenvalue weighted by molar-refractivity contribution is 7.89. The first kappa shape index (κ1) is 14.5. The molecule has 1 heterocycles. The van der Waals surface area contributed by atoms with Crippen molar-refractivity contribution in [3.63, 3.8) is 0 Å². The van der Waals surface area contributed by atoms with Crippen LogP contribution in [0.15, 0.2) is 23.4 Å². The zero-order chi connectivity index (χ0) is 13.8. The fraction of sp³-hybridized carbons (Fsp3) is 0.400. The smallest absolute Gasteiger partial charge is 0.321 e. The van der Waals surface area contributed by atoms with Crippen LogP contribution in [-0.4, -0.2) is 30.5 Å². The summed E-state index contributed by atoms with van der Waals surface area (Å²) in [5.74, 6) is -2.08. The number of sulfonamides is 1. The number of nitrogens with one attached hydrogen (secondary N) is 1. The quantitative estimate of drug-likeness (QED) is 0.799. The molecule has 1 atom stereocenters. The second-order valence-corrected chi connectivity index (χ2v) is 5.35. The Morgan fingerprint density at radius 2 is 2.22 bits per heavy atom. The number of pyridine rings is 1. The van der Waals surface area contributed by atoms with E-state index in [2.05, 4.69) is 4.98 Å². The molecule has 0 aliphatic carbocycles. The molecule has 0 spiro atoms. The van der Waals surface area contributed by atoms with Crippen molar-refractivity contribution in [1.29, 1.82) is 0 Å². The minimum atomic E-state index is -4.08. The number of aliphatic carboxylic acids is 1. The zero-order valence-corrected chi connectivity index (χ0v) is 10.4. The number of carboxylic acid groups (broad SMARTS) is 1. The van der Waals surface area contributed by atoms with Gasteiger partial charge in [0, 0.05) is 6.20 Å². The molecule has 0 bridgehead atoms. The van der Waals surface area contributed by atoms with Crippen molar-refractivity contribution in [1.82, 2.24) is 9.71 Å². The summed E-state index contributed by atoms with van der Waals surface area (Å²) in [5.41, 5.74) is 0. The number of carbonyl (C=O) groups is 1. The Balaban J connectivity index is 2.97. The van der Waals surface area contributed by atoms with E-state index in [-0.39, 0.29) is 6.42 Å². The third-order valence-electron chi connectivity index (χ3n) is 2.16. The van der Waals surface area contributed by atoms with Crippen LogP contribution >= 0.6 is 0 Å². The van der Waals surface area contributed by atoms with E-state index in [1.807, 2.05) is 4.72 Å². The van der Waals surface area contributed by atoms with Gasteiger partial charge in [-0.05, 0) is 12.5 Å². The van der Waals surface area contributed by atoms with Gasteiger partial charge in [-0.15, -0.1) is 0 Å². The van der Waals surface area contributed by atoms with Gasteiger partial charge in [0.1, 0.15) is 16.8 Å². The summed E-state index contributed by atoms with van der Waals surface area (Å²) >= 11 is 0. The number of hydrogen-bond acceptors (Lipinski definition) is 4. The molecule has 0 aromatic carbocycles. The van der Waals surface area contributed by atoms with Crippen LogP contribution in [0.5, 0.6) is 0 Å². The molecule has 1 aromatic heterocycles. The number of hydrogen-bond donors (Lipinski definition) is 2. The Labute approximate surface area is 104 Å². The van der Waals surface area contributed by atoms with E-state index in [0.29, 0.717) is 6.42 Å². The van der Waals surface area contributed by atoms with Gasteiger partial charge in [0.15, 0.2) is 0 Å². The molecule has 1 rings (SSSR count). The molecule has 0 saturated heterocycles. The molecular weight excluding hydrogens is 263 g/mol. The summed E-state index contributed by atoms with van der Waals surface area (Å²) in [6.45, 7) is 1.73. The average Bonchev–Trinajstić information content (AvgIpc) is 2.28. The molecule has 6 nitrogen and oxygen atoms in total. The highest BCUT2D eigenvalue weighted by atomic mass is 32.2. The summed E-state index contributed by atoms with van der Waals surface area (Å²) in [5, 5.41) is 8.85. The van der Waals surface area contributed by atoms with E-state index in [9.17, 15) is 17.6 Å². The molecule has 0 fully saturated rings. The normalized spacial score (nSPS) is 13.2. The van der Waals surface area contributed by atoms with Gasteiger partial charge in [0.05, 0.1) is 6.20 Å². The maximum atomic E-state index is 12.9. The van der Waals surface area contributed by atoms with Crippen LogP contribution in [0, 0.1) is 5.82 Å². The molecule has 2 N–H and O–H groups in total. The van der Waals surface area contributed by atoms with E-state index in [4.69, 9.17) is 5.11 Å². The van der Waals surface area contributed by atoms with Gasteiger partial charge in [-0.25, -0.2) is 12.8 Å². The Kier molecular flexibility index (Phi) is 4.74. The van der Waals surface area contributed by atoms with E-state index < -0.39 is 32.7 Å². The Hall–Kier alpha value is -1.54. The second kappa shape index (κ2) is 5.87. The van der Waals surface area contributed by atoms with Crippen molar-refractivity contribution in [3.05, 3.63) is 24.3 Å². The summed E-state index contributed by atoms with van der Waals surface area (Å²) in [4.78, 5) is 13.9. The van der Waals surface area contributed by atoms with E-state index in [1.165, 1.54) is 0 Å². The van der Waals surface area contributed by atoms with Crippen LogP contribution < -0.4 is 4.72 Å². The Bertz CT molecular complexity index is 532. The first-order valence-electron chi connectivity index (χ1n) is 5.22. The van der Waals surface area contributed by atoms with Gasteiger partial charge in [0.2, 0.25) is 10.0 Å². The minimum Gasteiger partial charge on any atom is -0.480 e. The van der Waals surface area contributed by atoms with Crippen molar-refractivity contribution in [2.24, 2.45) is 0 Å². The summed E-state index contributed by atoms with van der Waals surface area (Å²) < 4.78 is 38.5. The number of nitrogens with zero attached hydrogens (tertiary/aromatic N) is 1. The number of rotatable bonds is 6. The standard InChI is InChI=1S/C10H13FN2O4S/c1-2-3-9(10(14)15)13-18(16,17)8-4-7(11)5-12-6-8/h4-6,9,13H,2-3H2,1H3,(H,14,15)/t9-/m0/s1. The Morgan fingerprint density at radius 1 is 1.56 bits per heavy atom. The van der Waals surface area contributed by atoms with E-state index in [1.54, 1.807) is 6.92 Å². The van der Waals surface area contributed by atoms with Gasteiger partial charge >= 0.3 is 5.97 Å². The highest BCUT2D eigenvalue weighted by Crippen LogP contribution is 2.10. The molecule has 0 amide bonds. The minimum absolute atomic E-state index is 0.150. The molecule has 8 heteroatoms. The molecule has 100 valence electrons. The van der Waals surface area contributed by atoms with Crippen LogP contribution in [0.25, 0.3) is 0 Å². The fourth-order valence-corrected chi connectivity index (χ4v) is 2.51. The van der Waals surface area contributed by atoms with Crippen molar-refractivity contribution in [3.8, 4) is 0 Å². The van der Waals surface area contributed by atoms with Crippen LogP contribution in [0.1, 0.15) is 19.8 Å². The molecule has 0 saturated carbocycles. The molecule has 1 aromatic rings. The summed E-state index contributed by atoms with van der Waals surface area (Å²) in [6, 6.07) is -0.455. The van der Waals surface area contributed by atoms with Crippen molar-refractivity contribution < 1.29 is 22.7 Å². The predicted molar refractivity (Wildman–Crippen MR) is 60.8 cm³/mol.